The van der Waals surface area contributed by atoms with Crippen molar-refractivity contribution < 1.29 is 19.1 Å². The van der Waals surface area contributed by atoms with Crippen LogP contribution in [0.4, 0.5) is 0 Å². The zero-order chi connectivity index (χ0) is 15.8. The van der Waals surface area contributed by atoms with Crippen molar-refractivity contribution >= 4 is 11.9 Å². The van der Waals surface area contributed by atoms with Gasteiger partial charge in [-0.3, -0.25) is 9.59 Å². The summed E-state index contributed by atoms with van der Waals surface area (Å²) in [6.45, 7) is 6.11. The summed E-state index contributed by atoms with van der Waals surface area (Å²) in [5, 5.41) is 11.6. The van der Waals surface area contributed by atoms with Gasteiger partial charge in [-0.25, -0.2) is 0 Å². The minimum atomic E-state index is -1.08. The van der Waals surface area contributed by atoms with Crippen LogP contribution < -0.4 is 11.1 Å². The molecule has 21 heavy (non-hydrogen) atoms. The SMILES string of the molecule is Cc1cc2c(o1)CC(C)(C)CC2NC(=O)C(N)CC(=O)O. The summed E-state index contributed by atoms with van der Waals surface area (Å²) in [7, 11) is 0. The van der Waals surface area contributed by atoms with Crippen LogP contribution in [0.5, 0.6) is 0 Å². The molecule has 1 aromatic heterocycles. The lowest BCUT2D eigenvalue weighted by Gasteiger charge is -2.35. The number of carboxylic acid groups (broad SMARTS) is 1. The lowest BCUT2D eigenvalue weighted by molar-refractivity contribution is -0.139. The first-order valence-corrected chi connectivity index (χ1v) is 7.05. The number of hydrogen-bond donors (Lipinski definition) is 3. The molecule has 1 amide bonds. The second-order valence-corrected chi connectivity index (χ2v) is 6.55. The highest BCUT2D eigenvalue weighted by molar-refractivity contribution is 5.86. The zero-order valence-corrected chi connectivity index (χ0v) is 12.6. The van der Waals surface area contributed by atoms with Gasteiger partial charge >= 0.3 is 5.97 Å². The van der Waals surface area contributed by atoms with E-state index >= 15 is 0 Å². The molecular weight excluding hydrogens is 272 g/mol. The molecule has 2 unspecified atom stereocenters. The van der Waals surface area contributed by atoms with Gasteiger partial charge in [0.15, 0.2) is 0 Å². The van der Waals surface area contributed by atoms with Crippen LogP contribution >= 0.6 is 0 Å². The molecule has 2 atom stereocenters. The molecule has 6 nitrogen and oxygen atoms in total. The number of carbonyl (C=O) groups excluding carboxylic acids is 1. The normalized spacial score (nSPS) is 21.4. The molecule has 1 aliphatic rings. The van der Waals surface area contributed by atoms with Crippen molar-refractivity contribution in [1.29, 1.82) is 0 Å². The fourth-order valence-corrected chi connectivity index (χ4v) is 2.87. The van der Waals surface area contributed by atoms with Crippen LogP contribution in [0.25, 0.3) is 0 Å². The van der Waals surface area contributed by atoms with Crippen molar-refractivity contribution in [2.45, 2.75) is 52.1 Å². The second kappa shape index (κ2) is 5.52. The van der Waals surface area contributed by atoms with E-state index in [0.29, 0.717) is 0 Å². The van der Waals surface area contributed by atoms with E-state index in [1.165, 1.54) is 0 Å². The first kappa shape index (κ1) is 15.6. The summed E-state index contributed by atoms with van der Waals surface area (Å²) < 4.78 is 5.70. The van der Waals surface area contributed by atoms with E-state index in [1.807, 2.05) is 13.0 Å². The fraction of sp³-hybridized carbons (Fsp3) is 0.600. The van der Waals surface area contributed by atoms with Crippen molar-refractivity contribution in [3.8, 4) is 0 Å². The predicted molar refractivity (Wildman–Crippen MR) is 76.7 cm³/mol. The van der Waals surface area contributed by atoms with Gasteiger partial charge in [-0.05, 0) is 24.8 Å². The number of nitrogens with two attached hydrogens (primary N) is 1. The Kier molecular flexibility index (Phi) is 4.09. The summed E-state index contributed by atoms with van der Waals surface area (Å²) in [6, 6.07) is 0.704. The van der Waals surface area contributed by atoms with Crippen LogP contribution in [-0.4, -0.2) is 23.0 Å². The number of carboxylic acids is 1. The summed E-state index contributed by atoms with van der Waals surface area (Å²) in [5.41, 5.74) is 6.59. The number of furan rings is 1. The number of nitrogens with one attached hydrogen (secondary N) is 1. The highest BCUT2D eigenvalue weighted by Gasteiger charge is 2.36. The largest absolute Gasteiger partial charge is 0.481 e. The third kappa shape index (κ3) is 3.64. The maximum Gasteiger partial charge on any atom is 0.305 e. The van der Waals surface area contributed by atoms with Gasteiger partial charge < -0.3 is 20.6 Å². The average Bonchev–Trinajstić information content (AvgIpc) is 2.66. The van der Waals surface area contributed by atoms with E-state index in [-0.39, 0.29) is 17.9 Å². The summed E-state index contributed by atoms with van der Waals surface area (Å²) in [4.78, 5) is 22.7. The quantitative estimate of drug-likeness (QED) is 0.780. The molecule has 0 saturated heterocycles. The highest BCUT2D eigenvalue weighted by atomic mass is 16.4. The number of aliphatic carboxylic acids is 1. The van der Waals surface area contributed by atoms with E-state index < -0.39 is 17.9 Å². The van der Waals surface area contributed by atoms with Gasteiger partial charge in [0.25, 0.3) is 0 Å². The first-order chi connectivity index (χ1) is 9.68. The third-order valence-electron chi connectivity index (χ3n) is 3.78. The van der Waals surface area contributed by atoms with Crippen molar-refractivity contribution in [1.82, 2.24) is 5.32 Å². The van der Waals surface area contributed by atoms with Gasteiger partial charge in [0.05, 0.1) is 18.5 Å². The number of aryl methyl sites for hydroxylation is 1. The summed E-state index contributed by atoms with van der Waals surface area (Å²) >= 11 is 0. The third-order valence-corrected chi connectivity index (χ3v) is 3.78. The topological polar surface area (TPSA) is 106 Å². The molecule has 0 saturated carbocycles. The minimum Gasteiger partial charge on any atom is -0.481 e. The number of carbonyl (C=O) groups is 2. The van der Waals surface area contributed by atoms with E-state index in [2.05, 4.69) is 19.2 Å². The molecule has 1 aliphatic carbocycles. The lowest BCUT2D eigenvalue weighted by atomic mass is 9.74. The zero-order valence-electron chi connectivity index (χ0n) is 12.6. The number of hydrogen-bond acceptors (Lipinski definition) is 4. The fourth-order valence-electron chi connectivity index (χ4n) is 2.87. The van der Waals surface area contributed by atoms with Crippen LogP contribution in [0.2, 0.25) is 0 Å². The van der Waals surface area contributed by atoms with E-state index in [0.717, 1.165) is 29.9 Å². The summed E-state index contributed by atoms with van der Waals surface area (Å²) in [5.74, 6) is 0.180. The minimum absolute atomic E-state index is 0.00608. The maximum atomic E-state index is 12.0. The van der Waals surface area contributed by atoms with E-state index in [1.54, 1.807) is 0 Å². The van der Waals surface area contributed by atoms with Crippen LogP contribution in [0.15, 0.2) is 10.5 Å². The van der Waals surface area contributed by atoms with Crippen LogP contribution in [0.1, 0.15) is 49.8 Å². The van der Waals surface area contributed by atoms with Gasteiger partial charge in [0.1, 0.15) is 11.5 Å². The number of amides is 1. The molecule has 4 N–H and O–H groups in total. The van der Waals surface area contributed by atoms with Crippen molar-refractivity contribution in [3.05, 3.63) is 23.2 Å². The first-order valence-electron chi connectivity index (χ1n) is 7.05. The second-order valence-electron chi connectivity index (χ2n) is 6.55. The Morgan fingerprint density at radius 1 is 1.57 bits per heavy atom. The van der Waals surface area contributed by atoms with Crippen LogP contribution in [0, 0.1) is 12.3 Å². The van der Waals surface area contributed by atoms with Crippen LogP contribution in [-0.2, 0) is 16.0 Å². The van der Waals surface area contributed by atoms with Crippen molar-refractivity contribution in [2.75, 3.05) is 0 Å². The van der Waals surface area contributed by atoms with E-state index in [9.17, 15) is 9.59 Å². The van der Waals surface area contributed by atoms with Crippen LogP contribution in [0.3, 0.4) is 0 Å². The van der Waals surface area contributed by atoms with Gasteiger partial charge in [-0.1, -0.05) is 13.8 Å². The Bertz CT molecular complexity index is 562. The Hall–Kier alpha value is -1.82. The molecule has 116 valence electrons. The molecule has 1 heterocycles. The Morgan fingerprint density at radius 2 is 2.24 bits per heavy atom. The Morgan fingerprint density at radius 3 is 2.86 bits per heavy atom. The number of fused-ring (bicyclic) bond motifs is 1. The molecular formula is C15H22N2O4. The number of rotatable bonds is 4. The summed E-state index contributed by atoms with van der Waals surface area (Å²) in [6.07, 6.45) is 1.22. The maximum absolute atomic E-state index is 12.0. The lowest BCUT2D eigenvalue weighted by Crippen LogP contribution is -2.45. The Labute approximate surface area is 123 Å². The highest BCUT2D eigenvalue weighted by Crippen LogP contribution is 2.41. The van der Waals surface area contributed by atoms with Crippen molar-refractivity contribution in [3.63, 3.8) is 0 Å². The molecule has 0 aliphatic heterocycles. The van der Waals surface area contributed by atoms with E-state index in [4.69, 9.17) is 15.3 Å². The molecule has 0 radical (unpaired) electrons. The molecule has 2 rings (SSSR count). The molecule has 0 spiro atoms. The molecule has 0 fully saturated rings. The van der Waals surface area contributed by atoms with Gasteiger partial charge in [0, 0.05) is 12.0 Å². The average molecular weight is 294 g/mol. The molecule has 6 heteroatoms. The smallest absolute Gasteiger partial charge is 0.305 e. The Balaban J connectivity index is 2.15. The predicted octanol–water partition coefficient (Wildman–Crippen LogP) is 1.52. The molecule has 1 aromatic rings. The molecule has 0 aromatic carbocycles. The van der Waals surface area contributed by atoms with Crippen molar-refractivity contribution in [2.24, 2.45) is 11.1 Å². The van der Waals surface area contributed by atoms with Gasteiger partial charge in [-0.2, -0.15) is 0 Å². The van der Waals surface area contributed by atoms with Gasteiger partial charge in [0.2, 0.25) is 5.91 Å². The molecule has 0 bridgehead atoms. The standard InChI is InChI=1S/C15H22N2O4/c1-8-4-9-11(6-15(2,3)7-12(9)21-8)17-14(20)10(16)5-13(18)19/h4,10-11H,5-7,16H2,1-3H3,(H,17,20)(H,18,19). The monoisotopic (exact) mass is 294 g/mol. The van der Waals surface area contributed by atoms with Gasteiger partial charge in [-0.15, -0.1) is 0 Å².